The van der Waals surface area contributed by atoms with Crippen LogP contribution in [0.2, 0.25) is 0 Å². The van der Waals surface area contributed by atoms with Crippen LogP contribution in [0.25, 0.3) is 0 Å². The molecule has 2 nitrogen and oxygen atoms in total. The van der Waals surface area contributed by atoms with Crippen molar-refractivity contribution in [3.05, 3.63) is 58.9 Å². The molecule has 0 unspecified atom stereocenters. The number of hydrogen-bond donors (Lipinski definition) is 2. The summed E-state index contributed by atoms with van der Waals surface area (Å²) >= 11 is 1.50. The van der Waals surface area contributed by atoms with Gasteiger partial charge in [0.25, 0.3) is 0 Å². The Morgan fingerprint density at radius 2 is 1.84 bits per heavy atom. The van der Waals surface area contributed by atoms with Gasteiger partial charge in [0.15, 0.2) is 0 Å². The molecule has 0 atom stereocenters. The van der Waals surface area contributed by atoms with Gasteiger partial charge in [-0.2, -0.15) is 0 Å². The lowest BCUT2D eigenvalue weighted by molar-refractivity contribution is 0.626. The minimum Gasteiger partial charge on any atom is -0.384 e. The summed E-state index contributed by atoms with van der Waals surface area (Å²) in [7, 11) is 0. The summed E-state index contributed by atoms with van der Waals surface area (Å²) in [4.78, 5) is 1.89. The number of hydrogen-bond acceptors (Lipinski definition) is 2. The molecule has 2 rings (SSSR count). The normalized spacial score (nSPS) is 10.5. The summed E-state index contributed by atoms with van der Waals surface area (Å²) in [6.45, 7) is 4.05. The summed E-state index contributed by atoms with van der Waals surface area (Å²) in [5.41, 5.74) is 8.26. The van der Waals surface area contributed by atoms with E-state index in [1.165, 1.54) is 29.5 Å². The number of nitrogens with two attached hydrogens (primary N) is 1. The molecule has 0 amide bonds. The van der Waals surface area contributed by atoms with Crippen molar-refractivity contribution in [2.75, 3.05) is 0 Å². The van der Waals surface area contributed by atoms with Crippen molar-refractivity contribution in [1.82, 2.24) is 0 Å². The monoisotopic (exact) mass is 274 g/mol. The summed E-state index contributed by atoms with van der Waals surface area (Å²) < 4.78 is 13.2. The molecule has 0 saturated heterocycles. The first-order chi connectivity index (χ1) is 8.97. The van der Waals surface area contributed by atoms with Crippen molar-refractivity contribution in [2.45, 2.75) is 23.6 Å². The molecule has 0 saturated carbocycles. The first-order valence-corrected chi connectivity index (χ1v) is 6.68. The fourth-order valence-corrected chi connectivity index (χ4v) is 2.86. The largest absolute Gasteiger partial charge is 0.384 e. The van der Waals surface area contributed by atoms with E-state index in [9.17, 15) is 4.39 Å². The molecule has 0 aliphatic heterocycles. The Morgan fingerprint density at radius 1 is 1.11 bits per heavy atom. The molecule has 0 fully saturated rings. The molecule has 0 aromatic heterocycles. The van der Waals surface area contributed by atoms with Crippen LogP contribution in [-0.4, -0.2) is 5.84 Å². The number of amidine groups is 1. The molecule has 2 aromatic rings. The molecule has 0 radical (unpaired) electrons. The average Bonchev–Trinajstić information content (AvgIpc) is 2.35. The highest BCUT2D eigenvalue weighted by Gasteiger charge is 2.10. The van der Waals surface area contributed by atoms with E-state index in [-0.39, 0.29) is 11.7 Å². The number of nitrogens with one attached hydrogen (secondary N) is 1. The second-order valence-corrected chi connectivity index (χ2v) is 5.51. The SMILES string of the molecule is Cc1ccc(C)c(Sc2ccc(F)cc2C(=N)N)c1. The topological polar surface area (TPSA) is 49.9 Å². The molecule has 0 heterocycles. The molecule has 3 N–H and O–H groups in total. The molecule has 0 spiro atoms. The van der Waals surface area contributed by atoms with Crippen molar-refractivity contribution in [2.24, 2.45) is 5.73 Å². The molecule has 0 bridgehead atoms. The van der Waals surface area contributed by atoms with Crippen molar-refractivity contribution in [3.8, 4) is 0 Å². The molecule has 4 heteroatoms. The van der Waals surface area contributed by atoms with E-state index < -0.39 is 0 Å². The van der Waals surface area contributed by atoms with Gasteiger partial charge >= 0.3 is 0 Å². The minimum atomic E-state index is -0.379. The lowest BCUT2D eigenvalue weighted by Crippen LogP contribution is -2.12. The van der Waals surface area contributed by atoms with E-state index in [0.29, 0.717) is 5.56 Å². The summed E-state index contributed by atoms with van der Waals surface area (Å²) in [5.74, 6) is -0.497. The zero-order valence-corrected chi connectivity index (χ0v) is 11.6. The zero-order valence-electron chi connectivity index (χ0n) is 10.8. The Labute approximate surface area is 116 Å². The van der Waals surface area contributed by atoms with Crippen LogP contribution in [-0.2, 0) is 0 Å². The van der Waals surface area contributed by atoms with Crippen LogP contribution in [0.4, 0.5) is 4.39 Å². The fourth-order valence-electron chi connectivity index (χ4n) is 1.74. The van der Waals surface area contributed by atoms with Gasteiger partial charge in [0, 0.05) is 15.4 Å². The Hall–Kier alpha value is -1.81. The quantitative estimate of drug-likeness (QED) is 0.659. The predicted molar refractivity (Wildman–Crippen MR) is 77.5 cm³/mol. The van der Waals surface area contributed by atoms with Gasteiger partial charge in [0.2, 0.25) is 0 Å². The Morgan fingerprint density at radius 3 is 2.53 bits per heavy atom. The van der Waals surface area contributed by atoms with Crippen LogP contribution >= 0.6 is 11.8 Å². The lowest BCUT2D eigenvalue weighted by atomic mass is 10.2. The van der Waals surface area contributed by atoms with Crippen molar-refractivity contribution in [1.29, 1.82) is 5.41 Å². The van der Waals surface area contributed by atoms with Gasteiger partial charge < -0.3 is 5.73 Å². The van der Waals surface area contributed by atoms with E-state index in [2.05, 4.69) is 18.2 Å². The van der Waals surface area contributed by atoms with Crippen molar-refractivity contribution >= 4 is 17.6 Å². The van der Waals surface area contributed by atoms with Crippen LogP contribution in [0.5, 0.6) is 0 Å². The third kappa shape index (κ3) is 3.15. The molecule has 2 aromatic carbocycles. The van der Waals surface area contributed by atoms with Gasteiger partial charge in [0.05, 0.1) is 0 Å². The number of rotatable bonds is 3. The smallest absolute Gasteiger partial charge is 0.124 e. The van der Waals surface area contributed by atoms with Crippen molar-refractivity contribution < 1.29 is 4.39 Å². The van der Waals surface area contributed by atoms with Gasteiger partial charge in [-0.15, -0.1) is 0 Å². The Kier molecular flexibility index (Phi) is 3.90. The Bertz CT molecular complexity index is 638. The van der Waals surface area contributed by atoms with Crippen LogP contribution in [0.3, 0.4) is 0 Å². The van der Waals surface area contributed by atoms with E-state index in [1.807, 2.05) is 13.8 Å². The van der Waals surface area contributed by atoms with Crippen LogP contribution < -0.4 is 5.73 Å². The first-order valence-electron chi connectivity index (χ1n) is 5.86. The van der Waals surface area contributed by atoms with Gasteiger partial charge in [-0.1, -0.05) is 23.9 Å². The second-order valence-electron chi connectivity index (χ2n) is 4.43. The van der Waals surface area contributed by atoms with Gasteiger partial charge in [-0.05, 0) is 49.2 Å². The molecule has 0 aliphatic carbocycles. The maximum atomic E-state index is 13.2. The summed E-state index contributed by atoms with van der Waals surface area (Å²) in [6.07, 6.45) is 0. The molecular formula is C15H15FN2S. The van der Waals surface area contributed by atoms with Gasteiger partial charge in [0.1, 0.15) is 11.7 Å². The first kappa shape index (κ1) is 13.6. The lowest BCUT2D eigenvalue weighted by Gasteiger charge is -2.10. The minimum absolute atomic E-state index is 0.118. The van der Waals surface area contributed by atoms with Gasteiger partial charge in [-0.25, -0.2) is 4.39 Å². The highest BCUT2D eigenvalue weighted by molar-refractivity contribution is 7.99. The van der Waals surface area contributed by atoms with Crippen LogP contribution in [0, 0.1) is 25.1 Å². The predicted octanol–water partition coefficient (Wildman–Crippen LogP) is 3.88. The number of aryl methyl sites for hydroxylation is 2. The summed E-state index contributed by atoms with van der Waals surface area (Å²) in [6, 6.07) is 10.5. The van der Waals surface area contributed by atoms with E-state index in [1.54, 1.807) is 6.07 Å². The second kappa shape index (κ2) is 5.45. The fraction of sp³-hybridized carbons (Fsp3) is 0.133. The third-order valence-electron chi connectivity index (χ3n) is 2.80. The highest BCUT2D eigenvalue weighted by Crippen LogP contribution is 2.33. The highest BCUT2D eigenvalue weighted by atomic mass is 32.2. The molecule has 0 aliphatic rings. The standard InChI is InChI=1S/C15H15FN2S/c1-9-3-4-10(2)14(7-9)19-13-6-5-11(16)8-12(13)15(17)18/h3-8H,1-2H3,(H3,17,18). The van der Waals surface area contributed by atoms with Gasteiger partial charge in [-0.3, -0.25) is 5.41 Å². The van der Waals surface area contributed by atoms with Crippen LogP contribution in [0.15, 0.2) is 46.2 Å². The zero-order chi connectivity index (χ0) is 14.0. The van der Waals surface area contributed by atoms with E-state index >= 15 is 0 Å². The third-order valence-corrected chi connectivity index (χ3v) is 4.03. The van der Waals surface area contributed by atoms with E-state index in [4.69, 9.17) is 11.1 Å². The average molecular weight is 274 g/mol. The maximum absolute atomic E-state index is 13.2. The maximum Gasteiger partial charge on any atom is 0.124 e. The number of halogens is 1. The van der Waals surface area contributed by atoms with Crippen LogP contribution in [0.1, 0.15) is 16.7 Å². The number of nitrogen functional groups attached to an aromatic ring is 1. The number of benzene rings is 2. The van der Waals surface area contributed by atoms with E-state index in [0.717, 1.165) is 15.4 Å². The molecular weight excluding hydrogens is 259 g/mol. The van der Waals surface area contributed by atoms with Crippen molar-refractivity contribution in [3.63, 3.8) is 0 Å². The molecule has 98 valence electrons. The molecule has 19 heavy (non-hydrogen) atoms. The summed E-state index contributed by atoms with van der Waals surface area (Å²) in [5, 5.41) is 7.53. The Balaban J connectivity index is 2.43.